The molecule has 1 aliphatic rings. The van der Waals surface area contributed by atoms with Crippen LogP contribution < -0.4 is 5.32 Å². The van der Waals surface area contributed by atoms with Crippen molar-refractivity contribution in [3.8, 4) is 0 Å². The van der Waals surface area contributed by atoms with E-state index in [-0.39, 0.29) is 34.3 Å². The van der Waals surface area contributed by atoms with Crippen molar-refractivity contribution >= 4 is 29.2 Å². The Morgan fingerprint density at radius 2 is 1.22 bits per heavy atom. The second-order valence-corrected chi connectivity index (χ2v) is 13.2. The molecule has 0 aromatic rings. The molecule has 9 heteroatoms. The molecule has 280 valence electrons. The highest BCUT2D eigenvalue weighted by molar-refractivity contribution is 6.35. The number of Topliss-reactive ketones (excluding diaryl/α,β-unsaturated/α-hetero) is 2. The van der Waals surface area contributed by atoms with Gasteiger partial charge in [0.25, 0.3) is 0 Å². The van der Waals surface area contributed by atoms with Crippen LogP contribution in [0.2, 0.25) is 0 Å². The van der Waals surface area contributed by atoms with Gasteiger partial charge in [0.1, 0.15) is 0 Å². The summed E-state index contributed by atoms with van der Waals surface area (Å²) in [7, 11) is 2.55. The quantitative estimate of drug-likeness (QED) is 0.0226. The zero-order chi connectivity index (χ0) is 38.6. The molecule has 0 saturated carbocycles. The van der Waals surface area contributed by atoms with E-state index in [9.17, 15) is 24.0 Å². The average Bonchev–Trinajstić information content (AvgIpc) is 3.08. The van der Waals surface area contributed by atoms with Crippen LogP contribution in [-0.2, 0) is 38.2 Å². The van der Waals surface area contributed by atoms with Gasteiger partial charge >= 0.3 is 5.97 Å². The number of hydrogen-bond acceptors (Lipinski definition) is 8. The fourth-order valence-electron chi connectivity index (χ4n) is 5.23. The molecule has 1 aliphatic carbocycles. The van der Waals surface area contributed by atoms with E-state index in [1.807, 2.05) is 13.0 Å². The Morgan fingerprint density at radius 3 is 1.69 bits per heavy atom. The Morgan fingerprint density at radius 1 is 0.745 bits per heavy atom. The molecule has 1 rings (SSSR count). The summed E-state index contributed by atoms with van der Waals surface area (Å²) in [5.41, 5.74) is 1.32. The summed E-state index contributed by atoms with van der Waals surface area (Å²) in [6, 6.07) is 0. The summed E-state index contributed by atoms with van der Waals surface area (Å²) >= 11 is 0. The van der Waals surface area contributed by atoms with E-state index in [0.29, 0.717) is 11.1 Å². The molecule has 0 fully saturated rings. The van der Waals surface area contributed by atoms with Crippen LogP contribution in [0.4, 0.5) is 0 Å². The van der Waals surface area contributed by atoms with E-state index in [1.165, 1.54) is 21.1 Å². The van der Waals surface area contributed by atoms with Gasteiger partial charge in [0, 0.05) is 18.6 Å². The second-order valence-electron chi connectivity index (χ2n) is 13.2. The van der Waals surface area contributed by atoms with Crippen LogP contribution in [0.1, 0.15) is 107 Å². The first-order chi connectivity index (χ1) is 24.1. The smallest absolute Gasteiger partial charge is 0.304 e. The number of ether oxygens (including phenoxy) is 3. The topological polar surface area (TPSA) is 125 Å². The number of hydrogen-bond donors (Lipinski definition) is 1. The molecule has 0 heterocycles. The van der Waals surface area contributed by atoms with Gasteiger partial charge in [0.2, 0.25) is 29.0 Å². The first kappa shape index (κ1) is 44.5. The van der Waals surface area contributed by atoms with E-state index in [1.54, 1.807) is 20.8 Å². The zero-order valence-corrected chi connectivity index (χ0v) is 32.4. The van der Waals surface area contributed by atoms with Crippen molar-refractivity contribution < 1.29 is 38.2 Å². The summed E-state index contributed by atoms with van der Waals surface area (Å²) in [6.07, 6.45) is 27.2. The maximum Gasteiger partial charge on any atom is 0.304 e. The van der Waals surface area contributed by atoms with E-state index in [4.69, 9.17) is 14.2 Å². The highest BCUT2D eigenvalue weighted by Crippen LogP contribution is 2.38. The third kappa shape index (κ3) is 15.1. The Hall–Kier alpha value is -4.53. The molecule has 51 heavy (non-hydrogen) atoms. The highest BCUT2D eigenvalue weighted by Gasteiger charge is 2.36. The van der Waals surface area contributed by atoms with Gasteiger partial charge in [-0.3, -0.25) is 24.0 Å². The third-order valence-electron chi connectivity index (χ3n) is 9.06. The fraction of sp³-hybridized carbons (Fsp3) is 0.500. The minimum atomic E-state index is -0.655. The molecule has 0 aromatic carbocycles. The van der Waals surface area contributed by atoms with E-state index in [2.05, 4.69) is 74.7 Å². The number of unbranched alkanes of at least 4 members (excludes halogenated alkanes) is 4. The summed E-state index contributed by atoms with van der Waals surface area (Å²) in [6.45, 7) is 14.5. The normalized spacial score (nSPS) is 16.2. The maximum atomic E-state index is 13.3. The lowest BCUT2D eigenvalue weighted by Crippen LogP contribution is -2.36. The minimum Gasteiger partial charge on any atom is -0.490 e. The summed E-state index contributed by atoms with van der Waals surface area (Å²) in [5.74, 6) is -2.71. The number of carbonyl (C=O) groups excluding carboxylic acids is 5. The molecule has 0 radical (unpaired) electrons. The first-order valence-electron chi connectivity index (χ1n) is 17.7. The van der Waals surface area contributed by atoms with Crippen LogP contribution in [0, 0.1) is 11.3 Å². The standard InChI is InChI=1S/C42H59NO8/c1-29(41(48)43-33(5)51-34(6)44)26-24-22-20-18-16-14-12-11-13-15-17-19-21-23-25-27-30(2)42(7,8)32(4)31(3)37(46)35-28-36(45)39(49-9)40(50-10)38(35)47/h11-12,17-20,25-28,30,33H,13-16,21-24H2,1-10H3,(H,43,48)/b12-11+,19-17+,20-18+,27-25+,29-26+,32-31+. The molecule has 0 aromatic heterocycles. The number of ketones is 3. The van der Waals surface area contributed by atoms with E-state index in [0.717, 1.165) is 63.0 Å². The Balaban J connectivity index is 2.40. The van der Waals surface area contributed by atoms with Crippen LogP contribution in [0.5, 0.6) is 0 Å². The van der Waals surface area contributed by atoms with Gasteiger partial charge in [-0.1, -0.05) is 81.0 Å². The molecule has 1 amide bonds. The highest BCUT2D eigenvalue weighted by atomic mass is 16.6. The summed E-state index contributed by atoms with van der Waals surface area (Å²) in [5, 5.41) is 2.63. The average molecular weight is 706 g/mol. The number of methoxy groups -OCH3 is 2. The molecular weight excluding hydrogens is 646 g/mol. The number of carbonyl (C=O) groups is 5. The predicted molar refractivity (Wildman–Crippen MR) is 202 cm³/mol. The van der Waals surface area contributed by atoms with Crippen molar-refractivity contribution in [1.82, 2.24) is 5.32 Å². The van der Waals surface area contributed by atoms with Gasteiger partial charge in [-0.05, 0) is 96.0 Å². The lowest BCUT2D eigenvalue weighted by atomic mass is 9.71. The molecule has 2 atom stereocenters. The van der Waals surface area contributed by atoms with Gasteiger partial charge in [0.15, 0.2) is 12.0 Å². The van der Waals surface area contributed by atoms with Crippen LogP contribution in [0.15, 0.2) is 94.6 Å². The maximum absolute atomic E-state index is 13.3. The van der Waals surface area contributed by atoms with Gasteiger partial charge in [-0.15, -0.1) is 0 Å². The van der Waals surface area contributed by atoms with Gasteiger partial charge in [0.05, 0.1) is 19.8 Å². The largest absolute Gasteiger partial charge is 0.490 e. The van der Waals surface area contributed by atoms with Crippen LogP contribution in [0.25, 0.3) is 0 Å². The molecule has 0 spiro atoms. The molecule has 1 N–H and O–H groups in total. The van der Waals surface area contributed by atoms with Gasteiger partial charge < -0.3 is 19.5 Å². The Kier molecular flexibility index (Phi) is 20.1. The SMILES string of the molecule is COC1=C(OC)C(=O)C(C(=O)/C(C)=C(\C)C(C)(C)C(C)/C=C/CC/C=C/CC/C=C/CC/C=C/CC/C=C(\C)C(=O)NC(C)OC(C)=O)=CC1=O. The number of amides is 1. The molecule has 0 aliphatic heterocycles. The lowest BCUT2D eigenvalue weighted by Gasteiger charge is -2.33. The summed E-state index contributed by atoms with van der Waals surface area (Å²) < 4.78 is 15.0. The third-order valence-corrected chi connectivity index (χ3v) is 9.06. The Labute approximate surface area is 305 Å². The molecular formula is C42H59NO8. The van der Waals surface area contributed by atoms with E-state index < -0.39 is 29.5 Å². The van der Waals surface area contributed by atoms with Crippen molar-refractivity contribution in [1.29, 1.82) is 0 Å². The lowest BCUT2D eigenvalue weighted by molar-refractivity contribution is -0.148. The van der Waals surface area contributed by atoms with Crippen molar-refractivity contribution in [2.75, 3.05) is 14.2 Å². The monoisotopic (exact) mass is 705 g/mol. The van der Waals surface area contributed by atoms with E-state index >= 15 is 0 Å². The van der Waals surface area contributed by atoms with Crippen molar-refractivity contribution in [3.05, 3.63) is 94.6 Å². The fourth-order valence-corrected chi connectivity index (χ4v) is 5.23. The molecule has 0 saturated heterocycles. The Bertz CT molecular complexity index is 1500. The first-order valence-corrected chi connectivity index (χ1v) is 17.7. The molecule has 9 nitrogen and oxygen atoms in total. The van der Waals surface area contributed by atoms with Crippen molar-refractivity contribution in [3.63, 3.8) is 0 Å². The minimum absolute atomic E-state index is 0.126. The zero-order valence-electron chi connectivity index (χ0n) is 32.4. The van der Waals surface area contributed by atoms with Gasteiger partial charge in [-0.2, -0.15) is 0 Å². The number of allylic oxidation sites excluding steroid dienone is 13. The summed E-state index contributed by atoms with van der Waals surface area (Å²) in [4.78, 5) is 61.7. The number of nitrogens with one attached hydrogen (secondary N) is 1. The predicted octanol–water partition coefficient (Wildman–Crippen LogP) is 8.45. The molecule has 2 unspecified atom stereocenters. The van der Waals surface area contributed by atoms with Gasteiger partial charge in [-0.25, -0.2) is 0 Å². The van der Waals surface area contributed by atoms with Crippen LogP contribution in [-0.4, -0.2) is 49.7 Å². The molecule has 0 bridgehead atoms. The number of rotatable bonds is 22. The number of esters is 1. The second kappa shape index (κ2) is 23.0. The van der Waals surface area contributed by atoms with Crippen molar-refractivity contribution in [2.45, 2.75) is 113 Å². The van der Waals surface area contributed by atoms with Crippen LogP contribution in [0.3, 0.4) is 0 Å². The van der Waals surface area contributed by atoms with Crippen molar-refractivity contribution in [2.24, 2.45) is 11.3 Å². The van der Waals surface area contributed by atoms with Crippen LogP contribution >= 0.6 is 0 Å².